The molecule has 0 aliphatic heterocycles. The summed E-state index contributed by atoms with van der Waals surface area (Å²) < 4.78 is 0. The Balaban J connectivity index is 3.38. The highest BCUT2D eigenvalue weighted by molar-refractivity contribution is 5.80. The number of hydrogen-bond donors (Lipinski definition) is 1. The largest absolute Gasteiger partial charge is 0.317 e. The monoisotopic (exact) mass is 185 g/mol. The van der Waals surface area contributed by atoms with Crippen LogP contribution in [-0.4, -0.2) is 18.9 Å². The Morgan fingerprint density at radius 2 is 2.08 bits per heavy atom. The van der Waals surface area contributed by atoms with Gasteiger partial charge in [-0.1, -0.05) is 20.8 Å². The second-order valence-corrected chi connectivity index (χ2v) is 3.61. The van der Waals surface area contributed by atoms with Crippen molar-refractivity contribution in [1.29, 1.82) is 0 Å². The van der Waals surface area contributed by atoms with E-state index in [1.807, 2.05) is 6.92 Å². The predicted molar refractivity (Wildman–Crippen MR) is 56.9 cm³/mol. The first-order chi connectivity index (χ1) is 6.22. The standard InChI is InChI=1S/C11H23NO/c1-4-7-11(13)10(3)8-6-9-12-5-2/h10,12H,4-9H2,1-3H3. The van der Waals surface area contributed by atoms with Crippen molar-refractivity contribution in [1.82, 2.24) is 5.32 Å². The molecule has 1 atom stereocenters. The summed E-state index contributed by atoms with van der Waals surface area (Å²) in [6, 6.07) is 0. The van der Waals surface area contributed by atoms with Gasteiger partial charge in [-0.15, -0.1) is 0 Å². The third kappa shape index (κ3) is 6.76. The Kier molecular flexibility index (Phi) is 8.00. The maximum Gasteiger partial charge on any atom is 0.135 e. The third-order valence-corrected chi connectivity index (χ3v) is 2.29. The van der Waals surface area contributed by atoms with Gasteiger partial charge < -0.3 is 5.32 Å². The van der Waals surface area contributed by atoms with Gasteiger partial charge in [0.25, 0.3) is 0 Å². The van der Waals surface area contributed by atoms with Gasteiger partial charge in [0, 0.05) is 12.3 Å². The summed E-state index contributed by atoms with van der Waals surface area (Å²) >= 11 is 0. The summed E-state index contributed by atoms with van der Waals surface area (Å²) in [6.45, 7) is 8.27. The fourth-order valence-corrected chi connectivity index (χ4v) is 1.36. The lowest BCUT2D eigenvalue weighted by atomic mass is 9.97. The smallest absolute Gasteiger partial charge is 0.135 e. The molecule has 0 heterocycles. The van der Waals surface area contributed by atoms with Crippen molar-refractivity contribution in [2.75, 3.05) is 13.1 Å². The molecule has 0 amide bonds. The minimum absolute atomic E-state index is 0.263. The summed E-state index contributed by atoms with van der Waals surface area (Å²) in [5.41, 5.74) is 0. The van der Waals surface area contributed by atoms with E-state index in [2.05, 4.69) is 19.2 Å². The van der Waals surface area contributed by atoms with Crippen molar-refractivity contribution in [2.45, 2.75) is 46.5 Å². The number of carbonyl (C=O) groups is 1. The van der Waals surface area contributed by atoms with E-state index in [1.165, 1.54) is 0 Å². The Hall–Kier alpha value is -0.370. The highest BCUT2D eigenvalue weighted by Gasteiger charge is 2.10. The molecule has 0 saturated carbocycles. The van der Waals surface area contributed by atoms with Crippen LogP contribution in [0.4, 0.5) is 0 Å². The molecule has 0 saturated heterocycles. The van der Waals surface area contributed by atoms with Gasteiger partial charge in [-0.05, 0) is 32.4 Å². The molecule has 78 valence electrons. The van der Waals surface area contributed by atoms with Crippen LogP contribution in [0.15, 0.2) is 0 Å². The zero-order chi connectivity index (χ0) is 10.1. The zero-order valence-electron chi connectivity index (χ0n) is 9.23. The van der Waals surface area contributed by atoms with Gasteiger partial charge in [0.15, 0.2) is 0 Å². The number of carbonyl (C=O) groups excluding carboxylic acids is 1. The Labute approximate surface area is 82.1 Å². The molecule has 0 radical (unpaired) electrons. The fourth-order valence-electron chi connectivity index (χ4n) is 1.36. The van der Waals surface area contributed by atoms with Gasteiger partial charge in [0.1, 0.15) is 5.78 Å². The molecule has 0 rings (SSSR count). The maximum absolute atomic E-state index is 11.4. The molecule has 2 heteroatoms. The lowest BCUT2D eigenvalue weighted by Crippen LogP contribution is -2.17. The molecule has 0 aliphatic carbocycles. The summed E-state index contributed by atoms with van der Waals surface area (Å²) in [5.74, 6) is 0.692. The molecule has 2 nitrogen and oxygen atoms in total. The number of ketones is 1. The van der Waals surface area contributed by atoms with Gasteiger partial charge in [-0.2, -0.15) is 0 Å². The van der Waals surface area contributed by atoms with E-state index in [-0.39, 0.29) is 5.92 Å². The van der Waals surface area contributed by atoms with Crippen LogP contribution >= 0.6 is 0 Å². The maximum atomic E-state index is 11.4. The van der Waals surface area contributed by atoms with Crippen LogP contribution in [0, 0.1) is 5.92 Å². The van der Waals surface area contributed by atoms with Gasteiger partial charge in [0.05, 0.1) is 0 Å². The van der Waals surface area contributed by atoms with Gasteiger partial charge >= 0.3 is 0 Å². The van der Waals surface area contributed by atoms with Gasteiger partial charge in [-0.25, -0.2) is 0 Å². The van der Waals surface area contributed by atoms with Gasteiger partial charge in [0.2, 0.25) is 0 Å². The van der Waals surface area contributed by atoms with Crippen molar-refractivity contribution < 1.29 is 4.79 Å². The Morgan fingerprint density at radius 3 is 2.62 bits per heavy atom. The lowest BCUT2D eigenvalue weighted by Gasteiger charge is -2.09. The number of hydrogen-bond acceptors (Lipinski definition) is 2. The number of Topliss-reactive ketones (excluding diaryl/α,β-unsaturated/α-hetero) is 1. The topological polar surface area (TPSA) is 29.1 Å². The molecule has 0 aliphatic rings. The average Bonchev–Trinajstić information content (AvgIpc) is 2.12. The van der Waals surface area contributed by atoms with Crippen LogP contribution in [0.2, 0.25) is 0 Å². The molecule has 0 aromatic carbocycles. The van der Waals surface area contributed by atoms with Crippen LogP contribution in [0.25, 0.3) is 0 Å². The first-order valence-corrected chi connectivity index (χ1v) is 5.45. The number of rotatable bonds is 8. The second-order valence-electron chi connectivity index (χ2n) is 3.61. The minimum Gasteiger partial charge on any atom is -0.317 e. The molecule has 0 fully saturated rings. The van der Waals surface area contributed by atoms with Crippen molar-refractivity contribution in [3.8, 4) is 0 Å². The lowest BCUT2D eigenvalue weighted by molar-refractivity contribution is -0.122. The highest BCUT2D eigenvalue weighted by Crippen LogP contribution is 2.09. The van der Waals surface area contributed by atoms with Crippen molar-refractivity contribution in [3.63, 3.8) is 0 Å². The molecular formula is C11H23NO. The summed E-state index contributed by atoms with van der Waals surface area (Å²) in [5, 5.41) is 3.26. The molecule has 1 N–H and O–H groups in total. The van der Waals surface area contributed by atoms with Crippen LogP contribution in [0.5, 0.6) is 0 Å². The van der Waals surface area contributed by atoms with Crippen LogP contribution in [0.3, 0.4) is 0 Å². The molecule has 1 unspecified atom stereocenters. The summed E-state index contributed by atoms with van der Waals surface area (Å²) in [7, 11) is 0. The van der Waals surface area contributed by atoms with E-state index in [4.69, 9.17) is 0 Å². The molecule has 13 heavy (non-hydrogen) atoms. The zero-order valence-corrected chi connectivity index (χ0v) is 9.23. The summed E-state index contributed by atoms with van der Waals surface area (Å²) in [4.78, 5) is 11.4. The third-order valence-electron chi connectivity index (χ3n) is 2.29. The van der Waals surface area contributed by atoms with E-state index >= 15 is 0 Å². The first-order valence-electron chi connectivity index (χ1n) is 5.45. The summed E-state index contributed by atoms with van der Waals surface area (Å²) in [6.07, 6.45) is 3.88. The van der Waals surface area contributed by atoms with Crippen LogP contribution in [-0.2, 0) is 4.79 Å². The average molecular weight is 185 g/mol. The van der Waals surface area contributed by atoms with Crippen LogP contribution in [0.1, 0.15) is 46.5 Å². The minimum atomic E-state index is 0.263. The van der Waals surface area contributed by atoms with Crippen molar-refractivity contribution in [3.05, 3.63) is 0 Å². The van der Waals surface area contributed by atoms with Crippen molar-refractivity contribution >= 4 is 5.78 Å². The molecule has 0 aromatic rings. The second kappa shape index (κ2) is 8.24. The fraction of sp³-hybridized carbons (Fsp3) is 0.909. The first kappa shape index (κ1) is 12.6. The number of nitrogens with one attached hydrogen (secondary N) is 1. The van der Waals surface area contributed by atoms with E-state index in [0.717, 1.165) is 38.8 Å². The quantitative estimate of drug-likeness (QED) is 0.588. The van der Waals surface area contributed by atoms with Crippen molar-refractivity contribution in [2.24, 2.45) is 5.92 Å². The van der Waals surface area contributed by atoms with E-state index in [0.29, 0.717) is 5.78 Å². The molecule has 0 aromatic heterocycles. The molecule has 0 bridgehead atoms. The SMILES string of the molecule is CCCC(=O)C(C)CCCNCC. The molecular weight excluding hydrogens is 162 g/mol. The Morgan fingerprint density at radius 1 is 1.38 bits per heavy atom. The van der Waals surface area contributed by atoms with E-state index < -0.39 is 0 Å². The highest BCUT2D eigenvalue weighted by atomic mass is 16.1. The normalized spacial score (nSPS) is 12.8. The van der Waals surface area contributed by atoms with Crippen LogP contribution < -0.4 is 5.32 Å². The molecule has 0 spiro atoms. The predicted octanol–water partition coefficient (Wildman–Crippen LogP) is 2.38. The Bertz CT molecular complexity index is 134. The van der Waals surface area contributed by atoms with E-state index in [1.54, 1.807) is 0 Å². The van der Waals surface area contributed by atoms with Gasteiger partial charge in [-0.3, -0.25) is 4.79 Å². The van der Waals surface area contributed by atoms with E-state index in [9.17, 15) is 4.79 Å².